The fourth-order valence-electron chi connectivity index (χ4n) is 2.29. The van der Waals surface area contributed by atoms with Crippen LogP contribution in [0.2, 0.25) is 5.02 Å². The predicted octanol–water partition coefficient (Wildman–Crippen LogP) is 3.32. The van der Waals surface area contributed by atoms with E-state index in [1.165, 1.54) is 13.0 Å². The van der Waals surface area contributed by atoms with Crippen LogP contribution in [0.3, 0.4) is 0 Å². The molecule has 1 aliphatic heterocycles. The summed E-state index contributed by atoms with van der Waals surface area (Å²) >= 11 is 6.14. The van der Waals surface area contributed by atoms with Crippen LogP contribution in [0.5, 0.6) is 11.5 Å². The third kappa shape index (κ3) is 3.60. The molecule has 7 heteroatoms. The van der Waals surface area contributed by atoms with Gasteiger partial charge in [-0.15, -0.1) is 0 Å². The Morgan fingerprint density at radius 3 is 2.29 bits per heavy atom. The Morgan fingerprint density at radius 1 is 1.00 bits per heavy atom. The van der Waals surface area contributed by atoms with Gasteiger partial charge in [0.25, 0.3) is 5.91 Å². The van der Waals surface area contributed by atoms with Crippen molar-refractivity contribution < 1.29 is 19.1 Å². The van der Waals surface area contributed by atoms with Gasteiger partial charge in [0.15, 0.2) is 11.5 Å². The number of benzene rings is 2. The lowest BCUT2D eigenvalue weighted by Crippen LogP contribution is -2.17. The first kappa shape index (κ1) is 16.1. The molecule has 0 spiro atoms. The van der Waals surface area contributed by atoms with Crippen molar-refractivity contribution in [2.75, 3.05) is 23.8 Å². The summed E-state index contributed by atoms with van der Waals surface area (Å²) in [7, 11) is 0. The van der Waals surface area contributed by atoms with Crippen molar-refractivity contribution in [3.8, 4) is 11.5 Å². The molecule has 0 saturated heterocycles. The van der Waals surface area contributed by atoms with Gasteiger partial charge in [0, 0.05) is 23.9 Å². The Morgan fingerprint density at radius 2 is 1.62 bits per heavy atom. The van der Waals surface area contributed by atoms with Crippen molar-refractivity contribution >= 4 is 34.8 Å². The molecule has 24 heavy (non-hydrogen) atoms. The van der Waals surface area contributed by atoms with E-state index in [9.17, 15) is 9.59 Å². The summed E-state index contributed by atoms with van der Waals surface area (Å²) in [5, 5.41) is 5.76. The van der Waals surface area contributed by atoms with Crippen LogP contribution < -0.4 is 20.1 Å². The first-order chi connectivity index (χ1) is 11.5. The minimum atomic E-state index is -0.318. The van der Waals surface area contributed by atoms with Crippen LogP contribution in [-0.4, -0.2) is 25.0 Å². The summed E-state index contributed by atoms with van der Waals surface area (Å²) in [6.07, 6.45) is 0. The molecular formula is C17H15ClN2O4. The second-order valence-electron chi connectivity index (χ2n) is 5.19. The lowest BCUT2D eigenvalue weighted by atomic mass is 10.1. The fraction of sp³-hybridized carbons (Fsp3) is 0.176. The highest BCUT2D eigenvalue weighted by atomic mass is 35.5. The van der Waals surface area contributed by atoms with Gasteiger partial charge in [-0.05, 0) is 36.4 Å². The maximum absolute atomic E-state index is 12.4. The Bertz CT molecular complexity index is 790. The van der Waals surface area contributed by atoms with E-state index in [1.807, 2.05) is 0 Å². The zero-order chi connectivity index (χ0) is 17.1. The summed E-state index contributed by atoms with van der Waals surface area (Å²) in [5.74, 6) is 0.442. The standard InChI is InChI=1S/C17H15ClN2O4/c1-10(21)19-12-2-4-13(5-3-12)20-17(22)11-8-14(18)16-15(9-11)23-6-7-24-16/h2-5,8-9H,6-7H2,1H3,(H,19,21)(H,20,22). The largest absolute Gasteiger partial charge is 0.486 e. The summed E-state index contributed by atoms with van der Waals surface area (Å²) < 4.78 is 10.9. The smallest absolute Gasteiger partial charge is 0.255 e. The Kier molecular flexibility index (Phi) is 4.57. The molecule has 0 fully saturated rings. The molecule has 2 aromatic rings. The maximum atomic E-state index is 12.4. The van der Waals surface area contributed by atoms with Crippen molar-refractivity contribution in [3.05, 3.63) is 47.0 Å². The third-order valence-electron chi connectivity index (χ3n) is 3.32. The number of hydrogen-bond acceptors (Lipinski definition) is 4. The maximum Gasteiger partial charge on any atom is 0.255 e. The van der Waals surface area contributed by atoms with E-state index in [4.69, 9.17) is 21.1 Å². The lowest BCUT2D eigenvalue weighted by molar-refractivity contribution is -0.114. The average Bonchev–Trinajstić information content (AvgIpc) is 2.56. The van der Waals surface area contributed by atoms with E-state index in [0.29, 0.717) is 46.7 Å². The normalized spacial score (nSPS) is 12.4. The van der Waals surface area contributed by atoms with Gasteiger partial charge >= 0.3 is 0 Å². The number of anilines is 2. The number of rotatable bonds is 3. The Balaban J connectivity index is 1.75. The number of halogens is 1. The summed E-state index contributed by atoms with van der Waals surface area (Å²) in [6, 6.07) is 9.94. The molecule has 3 rings (SSSR count). The highest BCUT2D eigenvalue weighted by Gasteiger charge is 2.19. The molecule has 0 saturated carbocycles. The van der Waals surface area contributed by atoms with Crippen molar-refractivity contribution in [1.29, 1.82) is 0 Å². The van der Waals surface area contributed by atoms with Gasteiger partial charge in [-0.25, -0.2) is 0 Å². The van der Waals surface area contributed by atoms with Crippen molar-refractivity contribution in [3.63, 3.8) is 0 Å². The SMILES string of the molecule is CC(=O)Nc1ccc(NC(=O)c2cc(Cl)c3c(c2)OCCO3)cc1. The monoisotopic (exact) mass is 346 g/mol. The van der Waals surface area contributed by atoms with Crippen LogP contribution in [0.4, 0.5) is 11.4 Å². The fourth-order valence-corrected chi connectivity index (χ4v) is 2.55. The van der Waals surface area contributed by atoms with Gasteiger partial charge in [0.1, 0.15) is 13.2 Å². The second kappa shape index (κ2) is 6.80. The second-order valence-corrected chi connectivity index (χ2v) is 5.60. The molecule has 0 aliphatic carbocycles. The molecule has 1 aliphatic rings. The molecule has 1 heterocycles. The van der Waals surface area contributed by atoms with Crippen LogP contribution in [0.25, 0.3) is 0 Å². The first-order valence-electron chi connectivity index (χ1n) is 7.31. The zero-order valence-electron chi connectivity index (χ0n) is 12.9. The molecule has 6 nitrogen and oxygen atoms in total. The van der Waals surface area contributed by atoms with E-state index >= 15 is 0 Å². The minimum Gasteiger partial charge on any atom is -0.486 e. The van der Waals surface area contributed by atoms with E-state index < -0.39 is 0 Å². The number of fused-ring (bicyclic) bond motifs is 1. The van der Waals surface area contributed by atoms with E-state index in [1.54, 1.807) is 30.3 Å². The number of amides is 2. The molecule has 0 bridgehead atoms. The van der Waals surface area contributed by atoms with Crippen LogP contribution in [0, 0.1) is 0 Å². The van der Waals surface area contributed by atoms with Gasteiger partial charge in [-0.1, -0.05) is 11.6 Å². The molecule has 0 radical (unpaired) electrons. The summed E-state index contributed by atoms with van der Waals surface area (Å²) in [6.45, 7) is 2.28. The molecular weight excluding hydrogens is 332 g/mol. The topological polar surface area (TPSA) is 76.7 Å². The number of hydrogen-bond donors (Lipinski definition) is 2. The van der Waals surface area contributed by atoms with Crippen LogP contribution >= 0.6 is 11.6 Å². The third-order valence-corrected chi connectivity index (χ3v) is 3.60. The summed E-state index contributed by atoms with van der Waals surface area (Å²) in [5.41, 5.74) is 1.62. The number of carbonyl (C=O) groups is 2. The number of ether oxygens (including phenoxy) is 2. The quantitative estimate of drug-likeness (QED) is 0.893. The molecule has 0 aromatic heterocycles. The molecule has 124 valence electrons. The van der Waals surface area contributed by atoms with E-state index in [0.717, 1.165) is 0 Å². The lowest BCUT2D eigenvalue weighted by Gasteiger charge is -2.20. The Labute approximate surface area is 143 Å². The molecule has 0 atom stereocenters. The van der Waals surface area contributed by atoms with Crippen molar-refractivity contribution in [2.24, 2.45) is 0 Å². The van der Waals surface area contributed by atoms with Gasteiger partial charge in [0.2, 0.25) is 5.91 Å². The van der Waals surface area contributed by atoms with Crippen molar-refractivity contribution in [2.45, 2.75) is 6.92 Å². The molecule has 0 unspecified atom stereocenters. The van der Waals surface area contributed by atoms with Crippen LogP contribution in [0.1, 0.15) is 17.3 Å². The van der Waals surface area contributed by atoms with Gasteiger partial charge in [-0.2, -0.15) is 0 Å². The minimum absolute atomic E-state index is 0.155. The van der Waals surface area contributed by atoms with Crippen LogP contribution in [-0.2, 0) is 4.79 Å². The first-order valence-corrected chi connectivity index (χ1v) is 7.69. The highest BCUT2D eigenvalue weighted by molar-refractivity contribution is 6.32. The predicted molar refractivity (Wildman–Crippen MR) is 91.1 cm³/mol. The van der Waals surface area contributed by atoms with E-state index in [-0.39, 0.29) is 11.8 Å². The Hall–Kier alpha value is -2.73. The zero-order valence-corrected chi connectivity index (χ0v) is 13.6. The molecule has 2 aromatic carbocycles. The average molecular weight is 347 g/mol. The molecule has 2 N–H and O–H groups in total. The van der Waals surface area contributed by atoms with Crippen LogP contribution in [0.15, 0.2) is 36.4 Å². The van der Waals surface area contributed by atoms with Gasteiger partial charge in [-0.3, -0.25) is 9.59 Å². The highest BCUT2D eigenvalue weighted by Crippen LogP contribution is 2.38. The number of nitrogens with one attached hydrogen (secondary N) is 2. The van der Waals surface area contributed by atoms with Gasteiger partial charge < -0.3 is 20.1 Å². The number of carbonyl (C=O) groups excluding carboxylic acids is 2. The van der Waals surface area contributed by atoms with Gasteiger partial charge in [0.05, 0.1) is 5.02 Å². The van der Waals surface area contributed by atoms with E-state index in [2.05, 4.69) is 10.6 Å². The summed E-state index contributed by atoms with van der Waals surface area (Å²) in [4.78, 5) is 23.4. The van der Waals surface area contributed by atoms with Crippen molar-refractivity contribution in [1.82, 2.24) is 0 Å². The molecule has 2 amide bonds.